The van der Waals surface area contributed by atoms with Gasteiger partial charge in [0.1, 0.15) is 0 Å². The molecule has 0 spiro atoms. The first-order valence-electron chi connectivity index (χ1n) is 7.53. The Labute approximate surface area is 146 Å². The lowest BCUT2D eigenvalue weighted by Gasteiger charge is -2.11. The van der Waals surface area contributed by atoms with Crippen LogP contribution in [0.2, 0.25) is 0 Å². The Hall–Kier alpha value is -2.28. The molecule has 7 heteroatoms. The summed E-state index contributed by atoms with van der Waals surface area (Å²) in [6.07, 6.45) is 5.57. The van der Waals surface area contributed by atoms with Crippen molar-refractivity contribution in [1.29, 1.82) is 0 Å². The molecule has 0 fully saturated rings. The molecule has 1 atom stereocenters. The highest BCUT2D eigenvalue weighted by molar-refractivity contribution is 7.98. The molecule has 0 heterocycles. The van der Waals surface area contributed by atoms with Gasteiger partial charge in [-0.25, -0.2) is 9.59 Å². The summed E-state index contributed by atoms with van der Waals surface area (Å²) in [6.45, 7) is 3.22. The van der Waals surface area contributed by atoms with Gasteiger partial charge in [-0.1, -0.05) is 19.1 Å². The van der Waals surface area contributed by atoms with Gasteiger partial charge in [0, 0.05) is 17.0 Å². The van der Waals surface area contributed by atoms with Gasteiger partial charge in [-0.15, -0.1) is 11.8 Å². The second kappa shape index (κ2) is 10.5. The Morgan fingerprint density at radius 2 is 1.92 bits per heavy atom. The van der Waals surface area contributed by atoms with Gasteiger partial charge in [0.25, 0.3) is 5.91 Å². The molecule has 2 N–H and O–H groups in total. The first-order valence-corrected chi connectivity index (χ1v) is 8.76. The first-order chi connectivity index (χ1) is 11.4. The van der Waals surface area contributed by atoms with Gasteiger partial charge in [-0.05, 0) is 43.4 Å². The molecule has 0 aromatic heterocycles. The monoisotopic (exact) mass is 350 g/mol. The number of carbonyl (C=O) groups is 3. The van der Waals surface area contributed by atoms with Crippen LogP contribution in [0.3, 0.4) is 0 Å². The van der Waals surface area contributed by atoms with Crippen LogP contribution in [0.4, 0.5) is 4.79 Å². The summed E-state index contributed by atoms with van der Waals surface area (Å²) in [4.78, 5) is 35.6. The lowest BCUT2D eigenvalue weighted by molar-refractivity contribution is -0.143. The molecule has 0 aliphatic rings. The van der Waals surface area contributed by atoms with Gasteiger partial charge in [0.15, 0.2) is 6.61 Å². The van der Waals surface area contributed by atoms with Crippen LogP contribution in [0.5, 0.6) is 0 Å². The van der Waals surface area contributed by atoms with Gasteiger partial charge >= 0.3 is 12.0 Å². The minimum atomic E-state index is -0.679. The van der Waals surface area contributed by atoms with Crippen LogP contribution < -0.4 is 10.6 Å². The lowest BCUT2D eigenvalue weighted by Crippen LogP contribution is -2.44. The van der Waals surface area contributed by atoms with E-state index in [1.807, 2.05) is 44.4 Å². The zero-order valence-electron chi connectivity index (χ0n) is 14.0. The number of hydrogen-bond acceptors (Lipinski definition) is 5. The summed E-state index contributed by atoms with van der Waals surface area (Å²) in [7, 11) is 0. The van der Waals surface area contributed by atoms with Crippen molar-refractivity contribution in [1.82, 2.24) is 10.6 Å². The highest BCUT2D eigenvalue weighted by Crippen LogP contribution is 2.15. The molecule has 0 aliphatic carbocycles. The summed E-state index contributed by atoms with van der Waals surface area (Å²) in [5, 5.41) is 4.67. The average molecular weight is 350 g/mol. The largest absolute Gasteiger partial charge is 0.452 e. The third kappa shape index (κ3) is 7.82. The normalized spacial score (nSPS) is 11.8. The number of amides is 3. The molecular weight excluding hydrogens is 328 g/mol. The average Bonchev–Trinajstić information content (AvgIpc) is 2.58. The van der Waals surface area contributed by atoms with Gasteiger partial charge < -0.3 is 10.1 Å². The summed E-state index contributed by atoms with van der Waals surface area (Å²) in [5.41, 5.74) is 0.849. The third-order valence-electron chi connectivity index (χ3n) is 3.12. The van der Waals surface area contributed by atoms with Gasteiger partial charge in [0.2, 0.25) is 0 Å². The molecule has 1 aromatic rings. The summed E-state index contributed by atoms with van der Waals surface area (Å²) >= 11 is 1.63. The number of urea groups is 1. The standard InChI is InChI=1S/C17H22N2O4S/c1-4-12(2)18-17(22)19-15(20)11-23-16(21)10-7-13-5-8-14(24-3)9-6-13/h5-10,12H,4,11H2,1-3H3,(H2,18,19,20,22)/b10-7+/t12-/m1/s1. The minimum Gasteiger partial charge on any atom is -0.452 e. The molecule has 24 heavy (non-hydrogen) atoms. The molecule has 0 saturated heterocycles. The summed E-state index contributed by atoms with van der Waals surface area (Å²) in [6, 6.07) is 7.00. The van der Waals surface area contributed by atoms with Crippen LogP contribution in [-0.4, -0.2) is 36.8 Å². The molecule has 0 bridgehead atoms. The number of ether oxygens (including phenoxy) is 1. The Balaban J connectivity index is 2.35. The number of rotatable bonds is 7. The molecule has 0 aliphatic heterocycles. The summed E-state index contributed by atoms with van der Waals surface area (Å²) in [5.74, 6) is -1.33. The van der Waals surface area contributed by atoms with Gasteiger partial charge in [-0.3, -0.25) is 10.1 Å². The molecule has 0 radical (unpaired) electrons. The van der Waals surface area contributed by atoms with Crippen molar-refractivity contribution >= 4 is 35.7 Å². The quantitative estimate of drug-likeness (QED) is 0.448. The second-order valence-electron chi connectivity index (χ2n) is 5.05. The lowest BCUT2D eigenvalue weighted by atomic mass is 10.2. The molecular formula is C17H22N2O4S. The van der Waals surface area contributed by atoms with Crippen molar-refractivity contribution in [3.63, 3.8) is 0 Å². The zero-order valence-corrected chi connectivity index (χ0v) is 14.8. The fourth-order valence-electron chi connectivity index (χ4n) is 1.59. The minimum absolute atomic E-state index is 0.0409. The molecule has 6 nitrogen and oxygen atoms in total. The van der Waals surface area contributed by atoms with Crippen molar-refractivity contribution in [3.8, 4) is 0 Å². The van der Waals surface area contributed by atoms with E-state index in [0.717, 1.165) is 16.9 Å². The molecule has 1 aromatic carbocycles. The molecule has 1 rings (SSSR count). The van der Waals surface area contributed by atoms with Crippen molar-refractivity contribution in [2.45, 2.75) is 31.2 Å². The van der Waals surface area contributed by atoms with Crippen molar-refractivity contribution < 1.29 is 19.1 Å². The number of hydrogen-bond donors (Lipinski definition) is 2. The van der Waals surface area contributed by atoms with Crippen LogP contribution in [0.1, 0.15) is 25.8 Å². The van der Waals surface area contributed by atoms with E-state index in [2.05, 4.69) is 10.6 Å². The maximum absolute atomic E-state index is 11.6. The predicted octanol–water partition coefficient (Wildman–Crippen LogP) is 2.59. The molecule has 3 amide bonds. The fourth-order valence-corrected chi connectivity index (χ4v) is 2.00. The van der Waals surface area contributed by atoms with Crippen LogP contribution in [0, 0.1) is 0 Å². The maximum atomic E-state index is 11.6. The number of thioether (sulfide) groups is 1. The predicted molar refractivity (Wildman–Crippen MR) is 94.6 cm³/mol. The van der Waals surface area contributed by atoms with E-state index < -0.39 is 24.5 Å². The Morgan fingerprint density at radius 3 is 2.50 bits per heavy atom. The van der Waals surface area contributed by atoms with Gasteiger partial charge in [-0.2, -0.15) is 0 Å². The number of imide groups is 1. The topological polar surface area (TPSA) is 84.5 Å². The number of nitrogens with one attached hydrogen (secondary N) is 2. The van der Waals surface area contributed by atoms with E-state index in [0.29, 0.717) is 0 Å². The van der Waals surface area contributed by atoms with E-state index in [1.54, 1.807) is 17.8 Å². The zero-order chi connectivity index (χ0) is 17.9. The van der Waals surface area contributed by atoms with Crippen LogP contribution in [0.15, 0.2) is 35.2 Å². The van der Waals surface area contributed by atoms with E-state index in [9.17, 15) is 14.4 Å². The number of carbonyl (C=O) groups excluding carboxylic acids is 3. The highest BCUT2D eigenvalue weighted by Gasteiger charge is 2.11. The highest BCUT2D eigenvalue weighted by atomic mass is 32.2. The van der Waals surface area contributed by atoms with Crippen molar-refractivity contribution in [2.24, 2.45) is 0 Å². The van der Waals surface area contributed by atoms with Crippen LogP contribution in [0.25, 0.3) is 6.08 Å². The Morgan fingerprint density at radius 1 is 1.25 bits per heavy atom. The van der Waals surface area contributed by atoms with E-state index in [4.69, 9.17) is 4.74 Å². The van der Waals surface area contributed by atoms with E-state index in [1.165, 1.54) is 6.08 Å². The second-order valence-corrected chi connectivity index (χ2v) is 5.92. The van der Waals surface area contributed by atoms with Crippen LogP contribution >= 0.6 is 11.8 Å². The first kappa shape index (κ1) is 19.8. The number of benzene rings is 1. The third-order valence-corrected chi connectivity index (χ3v) is 3.86. The van der Waals surface area contributed by atoms with Gasteiger partial charge in [0.05, 0.1) is 0 Å². The van der Waals surface area contributed by atoms with Crippen molar-refractivity contribution in [3.05, 3.63) is 35.9 Å². The number of esters is 1. The summed E-state index contributed by atoms with van der Waals surface area (Å²) < 4.78 is 4.78. The molecule has 130 valence electrons. The fraction of sp³-hybridized carbons (Fsp3) is 0.353. The Kier molecular flexibility index (Phi) is 8.64. The SMILES string of the molecule is CC[C@@H](C)NC(=O)NC(=O)COC(=O)/C=C/c1ccc(SC)cc1. The smallest absolute Gasteiger partial charge is 0.331 e. The van der Waals surface area contributed by atoms with E-state index >= 15 is 0 Å². The maximum Gasteiger partial charge on any atom is 0.331 e. The van der Waals surface area contributed by atoms with E-state index in [-0.39, 0.29) is 6.04 Å². The molecule has 0 saturated carbocycles. The molecule has 0 unspecified atom stereocenters. The van der Waals surface area contributed by atoms with Crippen LogP contribution in [-0.2, 0) is 14.3 Å². The van der Waals surface area contributed by atoms with Crippen molar-refractivity contribution in [2.75, 3.05) is 12.9 Å². The Bertz CT molecular complexity index is 599.